The topological polar surface area (TPSA) is 46.2 Å². The number of hydrogen-bond donors (Lipinski definition) is 1. The van der Waals surface area contributed by atoms with Crippen LogP contribution in [0.15, 0.2) is 12.2 Å². The second-order valence-electron chi connectivity index (χ2n) is 1.19. The third kappa shape index (κ3) is 1.70. The fourth-order valence-corrected chi connectivity index (χ4v) is 0.356. The number of nitrogens with one attached hydrogen (secondary N) is 1. The van der Waals surface area contributed by atoms with Gasteiger partial charge in [-0.2, -0.15) is 0 Å². The van der Waals surface area contributed by atoms with Gasteiger partial charge in [-0.15, -0.1) is 0 Å². The average molecular weight is 188 g/mol. The molecule has 1 aliphatic rings. The van der Waals surface area contributed by atoms with Gasteiger partial charge in [-0.25, -0.2) is 0 Å². The van der Waals surface area contributed by atoms with E-state index < -0.39 is 0 Å². The molecule has 1 rings (SSSR count). The van der Waals surface area contributed by atoms with E-state index in [2.05, 4.69) is 0 Å². The van der Waals surface area contributed by atoms with Crippen LogP contribution in [-0.2, 0) is 35.8 Å². The van der Waals surface area contributed by atoms with Crippen molar-refractivity contribution in [2.24, 2.45) is 0 Å². The molecular formula is C4H3NO2Zr. The molecule has 0 fully saturated rings. The van der Waals surface area contributed by atoms with Crippen molar-refractivity contribution in [2.75, 3.05) is 0 Å². The zero-order chi connectivity index (χ0) is 5.28. The van der Waals surface area contributed by atoms with Gasteiger partial charge in [-0.3, -0.25) is 14.9 Å². The van der Waals surface area contributed by atoms with Crippen molar-refractivity contribution >= 4 is 11.8 Å². The molecule has 0 saturated heterocycles. The van der Waals surface area contributed by atoms with Gasteiger partial charge in [-0.05, 0) is 0 Å². The van der Waals surface area contributed by atoms with Gasteiger partial charge < -0.3 is 0 Å². The van der Waals surface area contributed by atoms with E-state index in [1.54, 1.807) is 0 Å². The minimum Gasteiger partial charge on any atom is -0.289 e. The number of rotatable bonds is 0. The van der Waals surface area contributed by atoms with Crippen LogP contribution >= 0.6 is 0 Å². The molecule has 1 heterocycles. The Morgan fingerprint density at radius 3 is 1.62 bits per heavy atom. The summed E-state index contributed by atoms with van der Waals surface area (Å²) in [6, 6.07) is 0. The molecule has 8 heavy (non-hydrogen) atoms. The Morgan fingerprint density at radius 1 is 1.12 bits per heavy atom. The van der Waals surface area contributed by atoms with E-state index in [4.69, 9.17) is 0 Å². The summed E-state index contributed by atoms with van der Waals surface area (Å²) >= 11 is 0. The Kier molecular flexibility index (Phi) is 2.84. The summed E-state index contributed by atoms with van der Waals surface area (Å²) in [4.78, 5) is 20.1. The Hall–Kier alpha value is -0.237. The van der Waals surface area contributed by atoms with Gasteiger partial charge in [0.05, 0.1) is 0 Å². The first kappa shape index (κ1) is 7.76. The van der Waals surface area contributed by atoms with Crippen molar-refractivity contribution in [2.45, 2.75) is 0 Å². The first-order valence-corrected chi connectivity index (χ1v) is 1.82. The van der Waals surface area contributed by atoms with Crippen molar-refractivity contribution < 1.29 is 35.8 Å². The maximum absolute atomic E-state index is 10.0. The van der Waals surface area contributed by atoms with E-state index in [0.29, 0.717) is 0 Å². The summed E-state index contributed by atoms with van der Waals surface area (Å²) in [5, 5.41) is 2.03. The molecule has 0 radical (unpaired) electrons. The van der Waals surface area contributed by atoms with Gasteiger partial charge in [0.15, 0.2) is 0 Å². The van der Waals surface area contributed by atoms with Gasteiger partial charge in [-0.1, -0.05) is 0 Å². The molecule has 40 valence electrons. The van der Waals surface area contributed by atoms with E-state index in [0.717, 1.165) is 0 Å². The number of hydrogen-bond acceptors (Lipinski definition) is 2. The molecule has 0 aromatic heterocycles. The standard InChI is InChI=1S/C4H3NO2.Zr/c6-3-1-2-4(7)5-3;/h1-2H,(H,5,6,7);. The van der Waals surface area contributed by atoms with Gasteiger partial charge in [0.2, 0.25) is 0 Å². The first-order valence-electron chi connectivity index (χ1n) is 1.82. The van der Waals surface area contributed by atoms with Crippen LogP contribution in [-0.4, -0.2) is 11.8 Å². The van der Waals surface area contributed by atoms with E-state index in [1.807, 2.05) is 5.32 Å². The summed E-state index contributed by atoms with van der Waals surface area (Å²) in [7, 11) is 0. The van der Waals surface area contributed by atoms with E-state index in [9.17, 15) is 9.59 Å². The van der Waals surface area contributed by atoms with Crippen molar-refractivity contribution in [3.05, 3.63) is 12.2 Å². The number of carbonyl (C=O) groups is 2. The maximum Gasteiger partial charge on any atom is 0.250 e. The van der Waals surface area contributed by atoms with Gasteiger partial charge in [0.1, 0.15) is 0 Å². The van der Waals surface area contributed by atoms with Gasteiger partial charge in [0, 0.05) is 38.4 Å². The third-order valence-electron chi connectivity index (χ3n) is 0.632. The molecule has 3 nitrogen and oxygen atoms in total. The van der Waals surface area contributed by atoms with Crippen LogP contribution in [0.3, 0.4) is 0 Å². The predicted molar refractivity (Wildman–Crippen MR) is 22.3 cm³/mol. The molecule has 0 spiro atoms. The number of amides is 2. The second kappa shape index (κ2) is 2.93. The quantitative estimate of drug-likeness (QED) is 0.506. The molecule has 0 aromatic rings. The molecule has 0 saturated carbocycles. The van der Waals surface area contributed by atoms with Crippen LogP contribution in [0.25, 0.3) is 0 Å². The second-order valence-corrected chi connectivity index (χ2v) is 1.19. The third-order valence-corrected chi connectivity index (χ3v) is 0.632. The minimum absolute atomic E-state index is 0. The molecule has 2 amide bonds. The zero-order valence-electron chi connectivity index (χ0n) is 3.97. The zero-order valence-corrected chi connectivity index (χ0v) is 6.43. The molecule has 0 bridgehead atoms. The minimum atomic E-state index is -0.329. The molecule has 0 unspecified atom stereocenters. The van der Waals surface area contributed by atoms with Crippen LogP contribution in [0.2, 0.25) is 0 Å². The van der Waals surface area contributed by atoms with Gasteiger partial charge in [0.25, 0.3) is 11.8 Å². The monoisotopic (exact) mass is 187 g/mol. The maximum atomic E-state index is 10.0. The summed E-state index contributed by atoms with van der Waals surface area (Å²) < 4.78 is 0. The Labute approximate surface area is 65.3 Å². The number of carbonyl (C=O) groups excluding carboxylic acids is 2. The van der Waals surface area contributed by atoms with Crippen LogP contribution < -0.4 is 5.32 Å². The average Bonchev–Trinajstić information content (AvgIpc) is 1.87. The van der Waals surface area contributed by atoms with Crippen molar-refractivity contribution in [3.8, 4) is 0 Å². The Bertz CT molecular complexity index is 136. The molecule has 0 atom stereocenters. The normalized spacial score (nSPS) is 15.5. The fraction of sp³-hybridized carbons (Fsp3) is 0. The molecule has 0 aromatic carbocycles. The Morgan fingerprint density at radius 2 is 1.50 bits per heavy atom. The molecule has 0 aliphatic carbocycles. The molecular weight excluding hydrogens is 185 g/mol. The predicted octanol–water partition coefficient (Wildman–Crippen LogP) is -0.804. The molecule has 1 N–H and O–H groups in total. The van der Waals surface area contributed by atoms with Crippen LogP contribution in [0.1, 0.15) is 0 Å². The summed E-state index contributed by atoms with van der Waals surface area (Å²) in [5.41, 5.74) is 0. The SMILES string of the molecule is O=C1C=CC(=O)N1.[Zr]. The first-order chi connectivity index (χ1) is 3.29. The smallest absolute Gasteiger partial charge is 0.250 e. The Balaban J connectivity index is 0.000000490. The molecule has 1 aliphatic heterocycles. The molecule has 4 heteroatoms. The van der Waals surface area contributed by atoms with Crippen molar-refractivity contribution in [3.63, 3.8) is 0 Å². The van der Waals surface area contributed by atoms with Crippen LogP contribution in [0, 0.1) is 0 Å². The summed E-state index contributed by atoms with van der Waals surface area (Å²) in [6.07, 6.45) is 2.39. The van der Waals surface area contributed by atoms with E-state index in [-0.39, 0.29) is 38.0 Å². The number of imide groups is 1. The van der Waals surface area contributed by atoms with Crippen molar-refractivity contribution in [1.29, 1.82) is 0 Å². The largest absolute Gasteiger partial charge is 0.289 e. The van der Waals surface area contributed by atoms with Crippen molar-refractivity contribution in [1.82, 2.24) is 5.32 Å². The fourth-order valence-electron chi connectivity index (χ4n) is 0.356. The van der Waals surface area contributed by atoms with E-state index >= 15 is 0 Å². The van der Waals surface area contributed by atoms with Gasteiger partial charge >= 0.3 is 0 Å². The summed E-state index contributed by atoms with van der Waals surface area (Å²) in [6.45, 7) is 0. The summed E-state index contributed by atoms with van der Waals surface area (Å²) in [5.74, 6) is -0.657. The van der Waals surface area contributed by atoms with Crippen LogP contribution in [0.4, 0.5) is 0 Å². The van der Waals surface area contributed by atoms with Crippen LogP contribution in [0.5, 0.6) is 0 Å². The van der Waals surface area contributed by atoms with E-state index in [1.165, 1.54) is 12.2 Å².